The Hall–Kier alpha value is -0.460. The molecule has 2 bridgehead atoms. The summed E-state index contributed by atoms with van der Waals surface area (Å²) in [6.45, 7) is 15.8. The fourth-order valence-electron chi connectivity index (χ4n) is 6.51. The molecule has 23 heavy (non-hydrogen) atoms. The molecule has 3 rings (SSSR count). The first kappa shape index (κ1) is 17.4. The summed E-state index contributed by atoms with van der Waals surface area (Å²) in [5.41, 5.74) is -0.0527. The molecular formula is C22H38O. The van der Waals surface area contributed by atoms with Crippen molar-refractivity contribution >= 4 is 0 Å². The van der Waals surface area contributed by atoms with Crippen molar-refractivity contribution in [1.82, 2.24) is 0 Å². The molecule has 3 fully saturated rings. The summed E-state index contributed by atoms with van der Waals surface area (Å²) in [4.78, 5) is 0. The molecule has 3 saturated carbocycles. The zero-order valence-corrected chi connectivity index (χ0v) is 16.1. The fraction of sp³-hybridized carbons (Fsp3) is 0.909. The fourth-order valence-corrected chi connectivity index (χ4v) is 6.51. The van der Waals surface area contributed by atoms with Gasteiger partial charge in [0, 0.05) is 5.92 Å². The van der Waals surface area contributed by atoms with E-state index in [2.05, 4.69) is 41.2 Å². The molecule has 7 atom stereocenters. The average molecular weight is 319 g/mol. The summed E-state index contributed by atoms with van der Waals surface area (Å²) in [7, 11) is 0. The van der Waals surface area contributed by atoms with Gasteiger partial charge in [-0.25, -0.2) is 0 Å². The van der Waals surface area contributed by atoms with Crippen LogP contribution in [0, 0.1) is 41.4 Å². The highest BCUT2D eigenvalue weighted by molar-refractivity contribution is 5.13. The molecule has 0 aromatic carbocycles. The maximum atomic E-state index is 6.32. The van der Waals surface area contributed by atoms with Gasteiger partial charge in [0.2, 0.25) is 0 Å². The van der Waals surface area contributed by atoms with Crippen LogP contribution in [0.1, 0.15) is 79.6 Å². The molecule has 1 nitrogen and oxygen atoms in total. The summed E-state index contributed by atoms with van der Waals surface area (Å²) in [6.07, 6.45) is 9.59. The Kier molecular flexibility index (Phi) is 4.87. The summed E-state index contributed by atoms with van der Waals surface area (Å²) in [6, 6.07) is 0. The van der Waals surface area contributed by atoms with E-state index in [9.17, 15) is 0 Å². The van der Waals surface area contributed by atoms with Crippen molar-refractivity contribution in [2.45, 2.75) is 85.2 Å². The van der Waals surface area contributed by atoms with Gasteiger partial charge >= 0.3 is 0 Å². The van der Waals surface area contributed by atoms with E-state index in [-0.39, 0.29) is 5.60 Å². The van der Waals surface area contributed by atoms with E-state index in [1.165, 1.54) is 38.5 Å². The third-order valence-corrected chi connectivity index (χ3v) is 7.68. The molecule has 0 radical (unpaired) electrons. The van der Waals surface area contributed by atoms with E-state index in [4.69, 9.17) is 4.74 Å². The quantitative estimate of drug-likeness (QED) is 0.491. The molecule has 0 N–H and O–H groups in total. The highest BCUT2D eigenvalue weighted by atomic mass is 16.5. The van der Waals surface area contributed by atoms with E-state index in [0.29, 0.717) is 5.92 Å². The molecule has 0 aliphatic heterocycles. The maximum absolute atomic E-state index is 6.32. The number of fused-ring (bicyclic) bond motifs is 5. The van der Waals surface area contributed by atoms with Crippen LogP contribution in [0.4, 0.5) is 0 Å². The maximum Gasteiger partial charge on any atom is 0.103 e. The minimum absolute atomic E-state index is 0.0527. The van der Waals surface area contributed by atoms with E-state index < -0.39 is 0 Å². The van der Waals surface area contributed by atoms with Crippen molar-refractivity contribution < 1.29 is 4.74 Å². The summed E-state index contributed by atoms with van der Waals surface area (Å²) >= 11 is 0. The van der Waals surface area contributed by atoms with Crippen molar-refractivity contribution in [2.24, 2.45) is 41.4 Å². The summed E-state index contributed by atoms with van der Waals surface area (Å²) < 4.78 is 6.32. The van der Waals surface area contributed by atoms with Gasteiger partial charge in [0.15, 0.2) is 0 Å². The van der Waals surface area contributed by atoms with E-state index >= 15 is 0 Å². The minimum atomic E-state index is -0.0527. The second-order valence-electron chi connectivity index (χ2n) is 9.29. The Morgan fingerprint density at radius 1 is 1.04 bits per heavy atom. The Morgan fingerprint density at radius 2 is 1.78 bits per heavy atom. The van der Waals surface area contributed by atoms with Gasteiger partial charge in [-0.2, -0.15) is 0 Å². The van der Waals surface area contributed by atoms with Crippen LogP contribution in [-0.2, 0) is 4.74 Å². The molecular weight excluding hydrogens is 280 g/mol. The molecule has 0 aromatic rings. The van der Waals surface area contributed by atoms with Crippen LogP contribution >= 0.6 is 0 Å². The topological polar surface area (TPSA) is 9.23 Å². The Labute approximate surface area is 144 Å². The standard InChI is InChI=1S/C22H38O/c1-7-10-16-11-15(8-2)21-19-13-17(20(16)21)12-18(19)14(4)23-22(5,6)9-3/h15-21H,4,7-13H2,1-3,5-6H3. The van der Waals surface area contributed by atoms with Gasteiger partial charge in [-0.1, -0.05) is 46.6 Å². The number of hydrogen-bond acceptors (Lipinski definition) is 1. The van der Waals surface area contributed by atoms with Crippen LogP contribution in [-0.4, -0.2) is 5.60 Å². The Balaban J connectivity index is 1.73. The van der Waals surface area contributed by atoms with E-state index in [1.807, 2.05) is 0 Å². The number of allylic oxidation sites excluding steroid dienone is 1. The van der Waals surface area contributed by atoms with Crippen LogP contribution in [0.3, 0.4) is 0 Å². The lowest BCUT2D eigenvalue weighted by molar-refractivity contribution is -0.00108. The molecule has 0 spiro atoms. The van der Waals surface area contributed by atoms with Gasteiger partial charge < -0.3 is 4.74 Å². The predicted molar refractivity (Wildman–Crippen MR) is 98.1 cm³/mol. The van der Waals surface area contributed by atoms with Gasteiger partial charge in [0.1, 0.15) is 5.60 Å². The molecule has 3 aliphatic carbocycles. The smallest absolute Gasteiger partial charge is 0.103 e. The first-order valence-electron chi connectivity index (χ1n) is 10.3. The van der Waals surface area contributed by atoms with Gasteiger partial charge in [-0.15, -0.1) is 0 Å². The highest BCUT2D eigenvalue weighted by Gasteiger charge is 2.60. The van der Waals surface area contributed by atoms with Crippen LogP contribution in [0.2, 0.25) is 0 Å². The van der Waals surface area contributed by atoms with E-state index in [0.717, 1.165) is 47.7 Å². The van der Waals surface area contributed by atoms with E-state index in [1.54, 1.807) is 0 Å². The van der Waals surface area contributed by atoms with Crippen molar-refractivity contribution in [1.29, 1.82) is 0 Å². The molecule has 3 aliphatic rings. The van der Waals surface area contributed by atoms with Crippen molar-refractivity contribution in [2.75, 3.05) is 0 Å². The number of ether oxygens (including phenoxy) is 1. The second kappa shape index (κ2) is 6.45. The van der Waals surface area contributed by atoms with Gasteiger partial charge in [0.25, 0.3) is 0 Å². The molecule has 0 heterocycles. The van der Waals surface area contributed by atoms with Gasteiger partial charge in [-0.3, -0.25) is 0 Å². The Bertz CT molecular complexity index is 437. The van der Waals surface area contributed by atoms with Crippen molar-refractivity contribution in [3.63, 3.8) is 0 Å². The van der Waals surface area contributed by atoms with Crippen LogP contribution in [0.15, 0.2) is 12.3 Å². The third kappa shape index (κ3) is 2.98. The third-order valence-electron chi connectivity index (χ3n) is 7.68. The summed E-state index contributed by atoms with van der Waals surface area (Å²) in [5, 5.41) is 0. The number of rotatable bonds is 7. The Morgan fingerprint density at radius 3 is 2.39 bits per heavy atom. The highest BCUT2D eigenvalue weighted by Crippen LogP contribution is 2.66. The monoisotopic (exact) mass is 318 g/mol. The zero-order valence-electron chi connectivity index (χ0n) is 16.1. The molecule has 7 unspecified atom stereocenters. The average Bonchev–Trinajstić information content (AvgIpc) is 3.17. The largest absolute Gasteiger partial charge is 0.493 e. The predicted octanol–water partition coefficient (Wildman–Crippen LogP) is 6.44. The zero-order chi connectivity index (χ0) is 16.8. The van der Waals surface area contributed by atoms with Crippen LogP contribution < -0.4 is 0 Å². The van der Waals surface area contributed by atoms with Crippen molar-refractivity contribution in [3.05, 3.63) is 12.3 Å². The molecule has 132 valence electrons. The minimum Gasteiger partial charge on any atom is -0.493 e. The van der Waals surface area contributed by atoms with Crippen molar-refractivity contribution in [3.8, 4) is 0 Å². The SMILES string of the molecule is C=C(OC(C)(C)CC)C1CC2CC1C1C(CC)CC(CCC)C21. The number of hydrogen-bond donors (Lipinski definition) is 0. The summed E-state index contributed by atoms with van der Waals surface area (Å²) in [5.74, 6) is 7.59. The lowest BCUT2D eigenvalue weighted by Gasteiger charge is -2.38. The molecule has 0 aromatic heterocycles. The molecule has 0 saturated heterocycles. The second-order valence-corrected chi connectivity index (χ2v) is 9.29. The van der Waals surface area contributed by atoms with Crippen LogP contribution in [0.5, 0.6) is 0 Å². The normalized spacial score (nSPS) is 42.0. The first-order chi connectivity index (χ1) is 10.9. The lowest BCUT2D eigenvalue weighted by atomic mass is 9.70. The van der Waals surface area contributed by atoms with Gasteiger partial charge in [0.05, 0.1) is 5.76 Å². The molecule has 1 heteroatoms. The van der Waals surface area contributed by atoms with Gasteiger partial charge in [-0.05, 0) is 75.0 Å². The first-order valence-corrected chi connectivity index (χ1v) is 10.3. The van der Waals surface area contributed by atoms with Crippen LogP contribution in [0.25, 0.3) is 0 Å². The molecule has 0 amide bonds. The lowest BCUT2D eigenvalue weighted by Crippen LogP contribution is -2.33.